The lowest BCUT2D eigenvalue weighted by Gasteiger charge is -2.33. The van der Waals surface area contributed by atoms with Crippen LogP contribution in [0.2, 0.25) is 0 Å². The van der Waals surface area contributed by atoms with Crippen LogP contribution < -0.4 is 5.32 Å². The van der Waals surface area contributed by atoms with Gasteiger partial charge in [0.2, 0.25) is 0 Å². The topological polar surface area (TPSA) is 50.8 Å². The second-order valence-corrected chi connectivity index (χ2v) is 7.59. The molecule has 5 heteroatoms. The number of benzene rings is 1. The molecule has 0 aromatic heterocycles. The van der Waals surface area contributed by atoms with E-state index in [-0.39, 0.29) is 12.2 Å². The van der Waals surface area contributed by atoms with Gasteiger partial charge in [-0.15, -0.1) is 0 Å². The minimum Gasteiger partial charge on any atom is -0.445 e. The Hall–Kier alpha value is -1.59. The third kappa shape index (κ3) is 4.73. The second-order valence-electron chi connectivity index (χ2n) is 7.59. The fourth-order valence-corrected chi connectivity index (χ4v) is 3.72. The molecule has 1 saturated heterocycles. The molecule has 2 saturated carbocycles. The van der Waals surface area contributed by atoms with E-state index in [0.717, 1.165) is 23.9 Å². The van der Waals surface area contributed by atoms with E-state index in [4.69, 9.17) is 9.47 Å². The molecule has 1 aromatic carbocycles. The highest BCUT2D eigenvalue weighted by Gasteiger charge is 2.41. The Morgan fingerprint density at radius 3 is 2.60 bits per heavy atom. The molecule has 1 N–H and O–H groups in total. The maximum absolute atomic E-state index is 12.3. The number of morpholine rings is 1. The summed E-state index contributed by atoms with van der Waals surface area (Å²) in [5.74, 6) is 1.76. The molecule has 1 amide bonds. The van der Waals surface area contributed by atoms with Gasteiger partial charge < -0.3 is 19.7 Å². The first kappa shape index (κ1) is 16.9. The van der Waals surface area contributed by atoms with Crippen molar-refractivity contribution < 1.29 is 14.3 Å². The van der Waals surface area contributed by atoms with Crippen LogP contribution in [0.15, 0.2) is 30.3 Å². The third-order valence-electron chi connectivity index (χ3n) is 5.44. The van der Waals surface area contributed by atoms with E-state index in [9.17, 15) is 4.79 Å². The number of amides is 1. The van der Waals surface area contributed by atoms with Crippen molar-refractivity contribution in [1.29, 1.82) is 0 Å². The van der Waals surface area contributed by atoms with Crippen LogP contribution >= 0.6 is 0 Å². The lowest BCUT2D eigenvalue weighted by molar-refractivity contribution is -0.0284. The summed E-state index contributed by atoms with van der Waals surface area (Å²) in [7, 11) is 0. The minimum atomic E-state index is -0.238. The van der Waals surface area contributed by atoms with Gasteiger partial charge in [-0.2, -0.15) is 0 Å². The van der Waals surface area contributed by atoms with E-state index < -0.39 is 0 Å². The van der Waals surface area contributed by atoms with Crippen LogP contribution in [0.1, 0.15) is 31.2 Å². The number of carbonyl (C=O) groups is 1. The Bertz CT molecular complexity index is 560. The van der Waals surface area contributed by atoms with Crippen molar-refractivity contribution in [2.45, 2.75) is 44.4 Å². The summed E-state index contributed by atoms with van der Waals surface area (Å²) < 4.78 is 11.3. The first-order chi connectivity index (χ1) is 12.3. The van der Waals surface area contributed by atoms with Crippen LogP contribution in [-0.2, 0) is 16.1 Å². The fraction of sp³-hybridized carbons (Fsp3) is 0.650. The predicted octanol–water partition coefficient (Wildman–Crippen LogP) is 2.80. The summed E-state index contributed by atoms with van der Waals surface area (Å²) >= 11 is 0. The van der Waals surface area contributed by atoms with E-state index in [1.165, 1.54) is 25.7 Å². The normalized spacial score (nSPS) is 23.7. The SMILES string of the molecule is O=C(OCc1ccccc1)N1CCOC(CNC(C2CC2)C2CC2)C1. The Morgan fingerprint density at radius 1 is 1.20 bits per heavy atom. The molecular weight excluding hydrogens is 316 g/mol. The molecule has 1 aliphatic heterocycles. The average Bonchev–Trinajstić information content (AvgIpc) is 3.55. The first-order valence-electron chi connectivity index (χ1n) is 9.60. The number of nitrogens with zero attached hydrogens (tertiary/aromatic N) is 1. The molecule has 1 heterocycles. The van der Waals surface area contributed by atoms with Crippen LogP contribution in [0.4, 0.5) is 4.79 Å². The minimum absolute atomic E-state index is 0.0676. The van der Waals surface area contributed by atoms with Crippen LogP contribution in [-0.4, -0.2) is 49.4 Å². The number of hydrogen-bond acceptors (Lipinski definition) is 4. The van der Waals surface area contributed by atoms with Crippen LogP contribution in [0.3, 0.4) is 0 Å². The van der Waals surface area contributed by atoms with Gasteiger partial charge in [-0.1, -0.05) is 30.3 Å². The molecule has 1 unspecified atom stereocenters. The van der Waals surface area contributed by atoms with Crippen molar-refractivity contribution in [2.24, 2.45) is 11.8 Å². The molecule has 1 atom stereocenters. The Kier molecular flexibility index (Phi) is 5.22. The summed E-state index contributed by atoms with van der Waals surface area (Å²) in [6, 6.07) is 10.5. The molecule has 5 nitrogen and oxygen atoms in total. The van der Waals surface area contributed by atoms with Gasteiger partial charge in [-0.05, 0) is 43.1 Å². The van der Waals surface area contributed by atoms with Gasteiger partial charge in [-0.3, -0.25) is 0 Å². The molecule has 0 spiro atoms. The molecule has 1 aromatic rings. The molecule has 3 aliphatic rings. The number of nitrogens with one attached hydrogen (secondary N) is 1. The fourth-order valence-electron chi connectivity index (χ4n) is 3.72. The van der Waals surface area contributed by atoms with Gasteiger partial charge in [0.15, 0.2) is 0 Å². The van der Waals surface area contributed by atoms with Crippen molar-refractivity contribution in [2.75, 3.05) is 26.2 Å². The smallest absolute Gasteiger partial charge is 0.410 e. The lowest BCUT2D eigenvalue weighted by Crippen LogP contribution is -2.50. The Balaban J connectivity index is 1.22. The van der Waals surface area contributed by atoms with Gasteiger partial charge in [0.05, 0.1) is 19.3 Å². The highest BCUT2D eigenvalue weighted by atomic mass is 16.6. The predicted molar refractivity (Wildman–Crippen MR) is 95.2 cm³/mol. The summed E-state index contributed by atoms with van der Waals surface area (Å²) in [4.78, 5) is 14.1. The molecule has 3 fully saturated rings. The average molecular weight is 344 g/mol. The molecular formula is C20H28N2O3. The monoisotopic (exact) mass is 344 g/mol. The molecule has 2 aliphatic carbocycles. The van der Waals surface area contributed by atoms with E-state index in [1.807, 2.05) is 30.3 Å². The van der Waals surface area contributed by atoms with Crippen LogP contribution in [0, 0.1) is 11.8 Å². The maximum atomic E-state index is 12.3. The molecule has 0 radical (unpaired) electrons. The summed E-state index contributed by atoms with van der Waals surface area (Å²) in [5, 5.41) is 3.73. The van der Waals surface area contributed by atoms with Gasteiger partial charge in [-0.25, -0.2) is 4.79 Å². The van der Waals surface area contributed by atoms with E-state index in [1.54, 1.807) is 4.90 Å². The molecule has 4 rings (SSSR count). The van der Waals surface area contributed by atoms with Gasteiger partial charge in [0, 0.05) is 19.1 Å². The quantitative estimate of drug-likeness (QED) is 0.826. The van der Waals surface area contributed by atoms with E-state index in [2.05, 4.69) is 5.32 Å². The number of hydrogen-bond donors (Lipinski definition) is 1. The maximum Gasteiger partial charge on any atom is 0.410 e. The number of carbonyl (C=O) groups excluding carboxylic acids is 1. The molecule has 0 bridgehead atoms. The molecule has 25 heavy (non-hydrogen) atoms. The van der Waals surface area contributed by atoms with Crippen molar-refractivity contribution >= 4 is 6.09 Å². The standard InChI is InChI=1S/C20H28N2O3/c23-20(25-14-15-4-2-1-3-5-15)22-10-11-24-18(13-22)12-21-19(16-6-7-16)17-8-9-17/h1-5,16-19,21H,6-14H2. The third-order valence-corrected chi connectivity index (χ3v) is 5.44. The highest BCUT2D eigenvalue weighted by molar-refractivity contribution is 5.67. The van der Waals surface area contributed by atoms with Gasteiger partial charge in [0.25, 0.3) is 0 Å². The largest absolute Gasteiger partial charge is 0.445 e. The summed E-state index contributed by atoms with van der Waals surface area (Å²) in [5.41, 5.74) is 1.01. The van der Waals surface area contributed by atoms with Crippen molar-refractivity contribution in [3.05, 3.63) is 35.9 Å². The van der Waals surface area contributed by atoms with Crippen LogP contribution in [0.25, 0.3) is 0 Å². The Morgan fingerprint density at radius 2 is 1.92 bits per heavy atom. The zero-order valence-electron chi connectivity index (χ0n) is 14.7. The first-order valence-corrected chi connectivity index (χ1v) is 9.60. The summed E-state index contributed by atoms with van der Waals surface area (Å²) in [6.07, 6.45) is 5.32. The number of rotatable bonds is 7. The van der Waals surface area contributed by atoms with Crippen molar-refractivity contribution in [1.82, 2.24) is 10.2 Å². The lowest BCUT2D eigenvalue weighted by atomic mass is 10.1. The zero-order chi connectivity index (χ0) is 17.1. The summed E-state index contributed by atoms with van der Waals surface area (Å²) in [6.45, 7) is 2.97. The number of ether oxygens (including phenoxy) is 2. The van der Waals surface area contributed by atoms with Crippen LogP contribution in [0.5, 0.6) is 0 Å². The van der Waals surface area contributed by atoms with E-state index >= 15 is 0 Å². The van der Waals surface area contributed by atoms with Crippen molar-refractivity contribution in [3.8, 4) is 0 Å². The van der Waals surface area contributed by atoms with Gasteiger partial charge in [0.1, 0.15) is 6.61 Å². The highest BCUT2D eigenvalue weighted by Crippen LogP contribution is 2.44. The van der Waals surface area contributed by atoms with E-state index in [0.29, 0.717) is 32.3 Å². The Labute approximate surface area is 149 Å². The van der Waals surface area contributed by atoms with Crippen molar-refractivity contribution in [3.63, 3.8) is 0 Å². The van der Waals surface area contributed by atoms with Gasteiger partial charge >= 0.3 is 6.09 Å². The molecule has 136 valence electrons. The zero-order valence-corrected chi connectivity index (χ0v) is 14.7. The second kappa shape index (κ2) is 7.75.